The van der Waals surface area contributed by atoms with Crippen molar-refractivity contribution in [3.05, 3.63) is 59.2 Å². The number of ether oxygens (including phenoxy) is 2. The van der Waals surface area contributed by atoms with E-state index in [1.54, 1.807) is 0 Å². The number of aryl methyl sites for hydroxylation is 2. The zero-order valence-electron chi connectivity index (χ0n) is 24.3. The number of nitrogens with zero attached hydrogens (tertiary/aromatic N) is 1. The lowest BCUT2D eigenvalue weighted by molar-refractivity contribution is -0.147. The molecule has 0 spiro atoms. The van der Waals surface area contributed by atoms with E-state index in [4.69, 9.17) is 32.7 Å². The van der Waals surface area contributed by atoms with Gasteiger partial charge in [-0.2, -0.15) is 0 Å². The SMILES string of the molecule is C[C@]12CCC3c4ccc(O)cc4CCC3C1CCC2OCCOC(=O)CCCc1ccc(N(CCCl)CCCl)cc1. The zero-order valence-corrected chi connectivity index (χ0v) is 25.8. The minimum atomic E-state index is -0.149. The molecule has 224 valence electrons. The van der Waals surface area contributed by atoms with Crippen molar-refractivity contribution in [2.75, 3.05) is 43.0 Å². The predicted molar refractivity (Wildman–Crippen MR) is 166 cm³/mol. The molecule has 2 fully saturated rings. The van der Waals surface area contributed by atoms with Crippen LogP contribution in [0.3, 0.4) is 0 Å². The molecule has 0 saturated heterocycles. The molecule has 0 aliphatic heterocycles. The fourth-order valence-corrected chi connectivity index (χ4v) is 8.50. The Balaban J connectivity index is 1.02. The Morgan fingerprint density at radius 1 is 1.02 bits per heavy atom. The van der Waals surface area contributed by atoms with Crippen molar-refractivity contribution in [1.29, 1.82) is 0 Å². The van der Waals surface area contributed by atoms with Gasteiger partial charge in [-0.3, -0.25) is 4.79 Å². The van der Waals surface area contributed by atoms with E-state index in [-0.39, 0.29) is 17.5 Å². The van der Waals surface area contributed by atoms with Gasteiger partial charge in [-0.05, 0) is 115 Å². The van der Waals surface area contributed by atoms with Gasteiger partial charge in [-0.15, -0.1) is 23.2 Å². The van der Waals surface area contributed by atoms with Gasteiger partial charge in [0.2, 0.25) is 0 Å². The van der Waals surface area contributed by atoms with Crippen LogP contribution in [0.4, 0.5) is 5.69 Å². The van der Waals surface area contributed by atoms with E-state index in [1.807, 2.05) is 12.1 Å². The van der Waals surface area contributed by atoms with Crippen LogP contribution in [0.25, 0.3) is 0 Å². The van der Waals surface area contributed by atoms with Crippen LogP contribution in [0, 0.1) is 17.3 Å². The van der Waals surface area contributed by atoms with Crippen LogP contribution in [-0.2, 0) is 27.1 Å². The molecule has 3 aliphatic carbocycles. The van der Waals surface area contributed by atoms with E-state index in [0.29, 0.717) is 54.9 Å². The van der Waals surface area contributed by atoms with Crippen LogP contribution in [0.1, 0.15) is 74.5 Å². The topological polar surface area (TPSA) is 59.0 Å². The van der Waals surface area contributed by atoms with Gasteiger partial charge in [0.1, 0.15) is 12.4 Å². The molecule has 1 N–H and O–H groups in total. The molecule has 5 rings (SSSR count). The highest BCUT2D eigenvalue weighted by atomic mass is 35.5. The minimum Gasteiger partial charge on any atom is -0.508 e. The van der Waals surface area contributed by atoms with Crippen molar-refractivity contribution >= 4 is 34.9 Å². The Morgan fingerprint density at radius 2 is 1.80 bits per heavy atom. The van der Waals surface area contributed by atoms with Gasteiger partial charge in [-0.25, -0.2) is 0 Å². The zero-order chi connectivity index (χ0) is 28.8. The molecule has 0 aromatic heterocycles. The number of aromatic hydroxyl groups is 1. The molecule has 2 aromatic carbocycles. The van der Waals surface area contributed by atoms with E-state index >= 15 is 0 Å². The summed E-state index contributed by atoms with van der Waals surface area (Å²) < 4.78 is 11.9. The number of hydrogen-bond donors (Lipinski definition) is 1. The highest BCUT2D eigenvalue weighted by Gasteiger charge is 2.55. The van der Waals surface area contributed by atoms with Gasteiger partial charge in [0.25, 0.3) is 0 Å². The second kappa shape index (κ2) is 14.0. The Morgan fingerprint density at radius 3 is 2.56 bits per heavy atom. The lowest BCUT2D eigenvalue weighted by atomic mass is 9.55. The molecule has 2 saturated carbocycles. The summed E-state index contributed by atoms with van der Waals surface area (Å²) in [5.41, 5.74) is 5.33. The maximum atomic E-state index is 12.4. The molecule has 0 amide bonds. The summed E-state index contributed by atoms with van der Waals surface area (Å²) in [6, 6.07) is 14.4. The summed E-state index contributed by atoms with van der Waals surface area (Å²) in [7, 11) is 0. The maximum Gasteiger partial charge on any atom is 0.305 e. The Hall–Kier alpha value is -1.95. The molecule has 5 nitrogen and oxygen atoms in total. The Kier molecular flexibility index (Phi) is 10.4. The number of hydrogen-bond acceptors (Lipinski definition) is 5. The van der Waals surface area contributed by atoms with Gasteiger partial charge < -0.3 is 19.5 Å². The first-order valence-corrected chi connectivity index (χ1v) is 16.5. The molecule has 3 aliphatic rings. The minimum absolute atomic E-state index is 0.149. The number of carbonyl (C=O) groups is 1. The molecule has 41 heavy (non-hydrogen) atoms. The number of rotatable bonds is 13. The monoisotopic (exact) mass is 601 g/mol. The lowest BCUT2D eigenvalue weighted by Crippen LogP contribution is -2.45. The van der Waals surface area contributed by atoms with Crippen LogP contribution in [0.2, 0.25) is 0 Å². The van der Waals surface area contributed by atoms with Crippen LogP contribution in [0.15, 0.2) is 42.5 Å². The highest BCUT2D eigenvalue weighted by molar-refractivity contribution is 6.18. The van der Waals surface area contributed by atoms with Crippen molar-refractivity contribution in [1.82, 2.24) is 0 Å². The summed E-state index contributed by atoms with van der Waals surface area (Å²) in [6.45, 7) is 4.77. The van der Waals surface area contributed by atoms with Crippen LogP contribution in [-0.4, -0.2) is 55.2 Å². The van der Waals surface area contributed by atoms with E-state index in [1.165, 1.54) is 42.4 Å². The first kappa shape index (κ1) is 30.5. The van der Waals surface area contributed by atoms with Crippen LogP contribution in [0.5, 0.6) is 5.75 Å². The van der Waals surface area contributed by atoms with Gasteiger partial charge in [0.15, 0.2) is 0 Å². The maximum absolute atomic E-state index is 12.4. The number of carbonyl (C=O) groups excluding carboxylic acids is 1. The number of esters is 1. The summed E-state index contributed by atoms with van der Waals surface area (Å²) >= 11 is 11.8. The fraction of sp³-hybridized carbons (Fsp3) is 0.618. The van der Waals surface area contributed by atoms with Gasteiger partial charge in [0.05, 0.1) is 12.7 Å². The second-order valence-electron chi connectivity index (χ2n) is 12.4. The lowest BCUT2D eigenvalue weighted by Gasteiger charge is -2.50. The molecule has 5 atom stereocenters. The van der Waals surface area contributed by atoms with Gasteiger partial charge >= 0.3 is 5.97 Å². The third-order valence-corrected chi connectivity index (χ3v) is 10.5. The third kappa shape index (κ3) is 7.00. The van der Waals surface area contributed by atoms with Crippen molar-refractivity contribution in [3.63, 3.8) is 0 Å². The van der Waals surface area contributed by atoms with Crippen LogP contribution >= 0.6 is 23.2 Å². The predicted octanol–water partition coefficient (Wildman–Crippen LogP) is 7.48. The molecule has 7 heteroatoms. The first-order valence-electron chi connectivity index (χ1n) is 15.5. The number of anilines is 1. The van der Waals surface area contributed by atoms with Crippen molar-refractivity contribution in [2.24, 2.45) is 17.3 Å². The number of halogens is 2. The number of fused-ring (bicyclic) bond motifs is 5. The Bertz CT molecular complexity index is 1150. The summed E-state index contributed by atoms with van der Waals surface area (Å²) in [5.74, 6) is 3.35. The summed E-state index contributed by atoms with van der Waals surface area (Å²) in [4.78, 5) is 14.5. The van der Waals surface area contributed by atoms with Crippen molar-refractivity contribution in [2.45, 2.75) is 76.7 Å². The number of benzene rings is 2. The summed E-state index contributed by atoms with van der Waals surface area (Å²) in [6.07, 6.45) is 9.19. The quantitative estimate of drug-likeness (QED) is 0.146. The molecule has 2 aromatic rings. The van der Waals surface area contributed by atoms with E-state index in [9.17, 15) is 9.90 Å². The first-order chi connectivity index (χ1) is 19.9. The van der Waals surface area contributed by atoms with E-state index in [2.05, 4.69) is 42.2 Å². The normalized spacial score (nSPS) is 26.6. The average Bonchev–Trinajstić information content (AvgIpc) is 3.31. The largest absolute Gasteiger partial charge is 0.508 e. The standard InChI is InChI=1S/C34H45Cl2NO4/c1-34-16-15-29-28-12-10-27(38)23-25(28)7-11-30(29)31(34)13-14-32(34)40-21-22-41-33(39)4-2-3-24-5-8-26(9-6-24)37(19-17-35)20-18-36/h5-6,8-10,12,23,29-32,38H,2-4,7,11,13-22H2,1H3/t29?,30?,31?,32?,34-/m0/s1. The van der Waals surface area contributed by atoms with Crippen LogP contribution < -0.4 is 4.90 Å². The molecular weight excluding hydrogens is 557 g/mol. The molecule has 0 bridgehead atoms. The highest BCUT2D eigenvalue weighted by Crippen LogP contribution is 2.61. The molecule has 4 unspecified atom stereocenters. The number of phenols is 1. The average molecular weight is 603 g/mol. The third-order valence-electron chi connectivity index (χ3n) is 10.1. The molecular formula is C34H45Cl2NO4. The smallest absolute Gasteiger partial charge is 0.305 e. The molecule has 0 radical (unpaired) electrons. The number of alkyl halides is 2. The second-order valence-corrected chi connectivity index (χ2v) is 13.1. The van der Waals surface area contributed by atoms with Gasteiger partial charge in [-0.1, -0.05) is 25.1 Å². The Labute approximate surface area is 255 Å². The fourth-order valence-electron chi connectivity index (χ4n) is 8.10. The van der Waals surface area contributed by atoms with Crippen molar-refractivity contribution < 1.29 is 19.4 Å². The molecule has 0 heterocycles. The van der Waals surface area contributed by atoms with Crippen molar-refractivity contribution in [3.8, 4) is 5.75 Å². The van der Waals surface area contributed by atoms with E-state index < -0.39 is 0 Å². The van der Waals surface area contributed by atoms with Gasteiger partial charge in [0, 0.05) is 37.0 Å². The number of phenolic OH excluding ortho intramolecular Hbond substituents is 1. The van der Waals surface area contributed by atoms with E-state index in [0.717, 1.165) is 44.5 Å². The summed E-state index contributed by atoms with van der Waals surface area (Å²) in [5, 5.41) is 9.93.